The van der Waals surface area contributed by atoms with E-state index in [4.69, 9.17) is 0 Å². The fraction of sp³-hybridized carbons (Fsp3) is 0.500. The van der Waals surface area contributed by atoms with Crippen LogP contribution in [-0.4, -0.2) is 47.2 Å². The Hall–Kier alpha value is -3.33. The lowest BCUT2D eigenvalue weighted by molar-refractivity contribution is 0.0735. The van der Waals surface area contributed by atoms with Crippen molar-refractivity contribution in [3.05, 3.63) is 64.5 Å². The number of hydrogen-bond acceptors (Lipinski definition) is 6. The number of nitrogens with one attached hydrogen (secondary N) is 1. The number of aromatic amines is 1. The van der Waals surface area contributed by atoms with E-state index in [2.05, 4.69) is 50.7 Å². The summed E-state index contributed by atoms with van der Waals surface area (Å²) < 4.78 is 3.74. The van der Waals surface area contributed by atoms with Crippen LogP contribution in [0.3, 0.4) is 0 Å². The number of unbranched alkanes of at least 4 members (excludes halogenated alkanes) is 1. The molecule has 9 nitrogen and oxygen atoms in total. The molecule has 184 valence electrons. The van der Waals surface area contributed by atoms with E-state index in [1.165, 1.54) is 0 Å². The van der Waals surface area contributed by atoms with Gasteiger partial charge in [0.2, 0.25) is 0 Å². The maximum absolute atomic E-state index is 13.8. The van der Waals surface area contributed by atoms with Gasteiger partial charge in [0.25, 0.3) is 0 Å². The van der Waals surface area contributed by atoms with Gasteiger partial charge in [0.15, 0.2) is 5.82 Å². The Balaban J connectivity index is 1.56. The molecule has 35 heavy (non-hydrogen) atoms. The van der Waals surface area contributed by atoms with Crippen LogP contribution in [0.4, 0.5) is 0 Å². The molecule has 1 aliphatic carbocycles. The zero-order valence-electron chi connectivity index (χ0n) is 20.2. The smallest absolute Gasteiger partial charge is 0.328 e. The van der Waals surface area contributed by atoms with Crippen molar-refractivity contribution in [2.45, 2.75) is 82.4 Å². The number of aromatic nitrogens is 6. The number of aliphatic hydroxyl groups is 1. The van der Waals surface area contributed by atoms with E-state index in [0.717, 1.165) is 61.8 Å². The molecule has 1 fully saturated rings. The molecule has 0 saturated heterocycles. The largest absolute Gasteiger partial charge is 0.391 e. The minimum atomic E-state index is -0.473. The number of benzene rings is 1. The Morgan fingerprint density at radius 2 is 2.14 bits per heavy atom. The van der Waals surface area contributed by atoms with Gasteiger partial charge in [-0.05, 0) is 54.2 Å². The summed E-state index contributed by atoms with van der Waals surface area (Å²) in [5.74, 6) is 0.605. The molecule has 1 aliphatic heterocycles. The highest BCUT2D eigenvalue weighted by Gasteiger charge is 2.34. The van der Waals surface area contributed by atoms with Crippen molar-refractivity contribution >= 4 is 6.21 Å². The summed E-state index contributed by atoms with van der Waals surface area (Å²) in [6, 6.07) is 8.00. The van der Waals surface area contributed by atoms with E-state index in [1.807, 2.05) is 35.3 Å². The van der Waals surface area contributed by atoms with Crippen LogP contribution in [0.2, 0.25) is 0 Å². The molecule has 2 aromatic heterocycles. The normalized spacial score (nSPS) is 24.2. The van der Waals surface area contributed by atoms with Gasteiger partial charge in [0.05, 0.1) is 12.1 Å². The van der Waals surface area contributed by atoms with E-state index in [1.54, 1.807) is 4.57 Å². The van der Waals surface area contributed by atoms with E-state index in [-0.39, 0.29) is 11.7 Å². The highest BCUT2D eigenvalue weighted by molar-refractivity contribution is 5.65. The highest BCUT2D eigenvalue weighted by atomic mass is 16.3. The SMILES string of the molecule is CCCCc1cn(C2CCCCC2O)c(=O)n1CC1(c2cccc(-c3nnn[nH]3)c2)C=CN=CC1. The number of imidazole rings is 1. The zero-order valence-corrected chi connectivity index (χ0v) is 20.2. The van der Waals surface area contributed by atoms with Gasteiger partial charge < -0.3 is 5.11 Å². The predicted molar refractivity (Wildman–Crippen MR) is 134 cm³/mol. The minimum Gasteiger partial charge on any atom is -0.391 e. The molecule has 3 unspecified atom stereocenters. The van der Waals surface area contributed by atoms with Gasteiger partial charge in [0, 0.05) is 41.8 Å². The number of hydrogen-bond donors (Lipinski definition) is 2. The molecule has 0 amide bonds. The van der Waals surface area contributed by atoms with Gasteiger partial charge in [-0.25, -0.2) is 9.89 Å². The quantitative estimate of drug-likeness (QED) is 0.517. The maximum atomic E-state index is 13.8. The molecule has 2 aliphatic rings. The van der Waals surface area contributed by atoms with Gasteiger partial charge >= 0.3 is 5.69 Å². The summed E-state index contributed by atoms with van der Waals surface area (Å²) in [6.07, 6.45) is 14.6. The van der Waals surface area contributed by atoms with Gasteiger partial charge in [0.1, 0.15) is 0 Å². The van der Waals surface area contributed by atoms with Crippen molar-refractivity contribution in [3.63, 3.8) is 0 Å². The molecule has 3 aromatic rings. The van der Waals surface area contributed by atoms with Crippen molar-refractivity contribution in [3.8, 4) is 11.4 Å². The lowest BCUT2D eigenvalue weighted by Crippen LogP contribution is -2.39. The summed E-state index contributed by atoms with van der Waals surface area (Å²) >= 11 is 0. The van der Waals surface area contributed by atoms with Crippen LogP contribution in [0.15, 0.2) is 52.5 Å². The summed E-state index contributed by atoms with van der Waals surface area (Å²) in [6.45, 7) is 2.66. The van der Waals surface area contributed by atoms with Crippen LogP contribution < -0.4 is 5.69 Å². The van der Waals surface area contributed by atoms with Crippen molar-refractivity contribution in [2.24, 2.45) is 4.99 Å². The Bertz CT molecular complexity index is 1260. The molecule has 0 radical (unpaired) electrons. The third kappa shape index (κ3) is 4.65. The van der Waals surface area contributed by atoms with Crippen molar-refractivity contribution < 1.29 is 5.11 Å². The summed E-state index contributed by atoms with van der Waals surface area (Å²) in [5.41, 5.74) is 2.53. The third-order valence-electron chi connectivity index (χ3n) is 7.46. The maximum Gasteiger partial charge on any atom is 0.328 e. The van der Waals surface area contributed by atoms with Crippen LogP contribution in [0, 0.1) is 0 Å². The van der Waals surface area contributed by atoms with E-state index >= 15 is 0 Å². The number of allylic oxidation sites excluding steroid dienone is 1. The van der Waals surface area contributed by atoms with Crippen LogP contribution >= 0.6 is 0 Å². The predicted octanol–water partition coefficient (Wildman–Crippen LogP) is 3.57. The lowest BCUT2D eigenvalue weighted by Gasteiger charge is -2.32. The third-order valence-corrected chi connectivity index (χ3v) is 7.46. The first-order chi connectivity index (χ1) is 17.1. The molecule has 2 N–H and O–H groups in total. The molecular weight excluding hydrogens is 442 g/mol. The summed E-state index contributed by atoms with van der Waals surface area (Å²) in [4.78, 5) is 18.1. The first-order valence-electron chi connectivity index (χ1n) is 12.6. The molecule has 0 spiro atoms. The first-order valence-corrected chi connectivity index (χ1v) is 12.6. The standard InChI is InChI=1S/C26H33N7O2/c1-2-3-9-21-17-32(22-10-4-5-11-23(22)34)25(35)33(21)18-26(12-14-27-15-13-26)20-8-6-7-19(16-20)24-28-30-31-29-24/h6-8,12,14-17,22-23,34H,2-5,9-11,13,18H2,1H3,(H,28,29,30,31). The second-order valence-electron chi connectivity index (χ2n) is 9.76. The monoisotopic (exact) mass is 475 g/mol. The van der Waals surface area contributed by atoms with Gasteiger partial charge in [-0.1, -0.05) is 50.5 Å². The first kappa shape index (κ1) is 23.4. The van der Waals surface area contributed by atoms with E-state index in [9.17, 15) is 9.90 Å². The number of aliphatic hydroxyl groups excluding tert-OH is 1. The Morgan fingerprint density at radius 3 is 2.89 bits per heavy atom. The molecule has 1 saturated carbocycles. The zero-order chi connectivity index (χ0) is 24.3. The van der Waals surface area contributed by atoms with Crippen LogP contribution in [0.25, 0.3) is 11.4 Å². The average molecular weight is 476 g/mol. The number of H-pyrrole nitrogens is 1. The van der Waals surface area contributed by atoms with Crippen molar-refractivity contribution in [1.29, 1.82) is 0 Å². The van der Waals surface area contributed by atoms with Gasteiger partial charge in [-0.2, -0.15) is 0 Å². The number of aliphatic imine (C=N–C) groups is 1. The fourth-order valence-corrected chi connectivity index (χ4v) is 5.42. The summed E-state index contributed by atoms with van der Waals surface area (Å²) in [7, 11) is 0. The number of nitrogens with zero attached hydrogens (tertiary/aromatic N) is 6. The van der Waals surface area contributed by atoms with Gasteiger partial charge in [-0.3, -0.25) is 14.1 Å². The van der Waals surface area contributed by atoms with Crippen molar-refractivity contribution in [2.75, 3.05) is 0 Å². The fourth-order valence-electron chi connectivity index (χ4n) is 5.42. The van der Waals surface area contributed by atoms with E-state index < -0.39 is 11.5 Å². The Morgan fingerprint density at radius 1 is 1.26 bits per heavy atom. The molecule has 3 heterocycles. The number of rotatable bonds is 8. The summed E-state index contributed by atoms with van der Waals surface area (Å²) in [5, 5.41) is 25.0. The lowest BCUT2D eigenvalue weighted by atomic mass is 9.76. The molecule has 0 bridgehead atoms. The molecular formula is C26H33N7O2. The minimum absolute atomic E-state index is 0.0343. The molecule has 3 atom stereocenters. The Labute approximate surface area is 204 Å². The van der Waals surface area contributed by atoms with Crippen molar-refractivity contribution in [1.82, 2.24) is 29.8 Å². The molecule has 1 aromatic carbocycles. The second-order valence-corrected chi connectivity index (χ2v) is 9.76. The van der Waals surface area contributed by atoms with Gasteiger partial charge in [-0.15, -0.1) is 5.10 Å². The van der Waals surface area contributed by atoms with E-state index in [0.29, 0.717) is 18.8 Å². The topological polar surface area (TPSA) is 114 Å². The number of tetrazole rings is 1. The molecule has 5 rings (SSSR count). The van der Waals surface area contributed by atoms with Crippen LogP contribution in [-0.2, 0) is 18.4 Å². The highest BCUT2D eigenvalue weighted by Crippen LogP contribution is 2.35. The van der Waals surface area contributed by atoms with Crippen LogP contribution in [0.5, 0.6) is 0 Å². The Kier molecular flexibility index (Phi) is 6.77. The molecule has 9 heteroatoms. The van der Waals surface area contributed by atoms with Crippen LogP contribution in [0.1, 0.15) is 69.2 Å². The average Bonchev–Trinajstić information content (AvgIpc) is 3.53. The second kappa shape index (κ2) is 10.1. The number of aryl methyl sites for hydroxylation is 1.